The standard InChI is InChI=1S/C21H26F4N2O3S/c22-17-4-3-14(10-16(17)21(23,24)25)13-27-7-5-20(6-8-27)11-15(12-20)26-19(28)18-2-1-9-31(18,29)30/h3-4,10,15,18H,1-2,5-9,11-13H2,(H,26,28)/t18-/m1/s1. The Morgan fingerprint density at radius 3 is 2.45 bits per heavy atom. The van der Waals surface area contributed by atoms with Crippen molar-refractivity contribution < 1.29 is 30.8 Å². The third-order valence-electron chi connectivity index (χ3n) is 6.99. The number of sulfone groups is 1. The van der Waals surface area contributed by atoms with Crippen LogP contribution >= 0.6 is 0 Å². The molecule has 4 rings (SSSR count). The molecular formula is C21H26F4N2O3S. The molecular weight excluding hydrogens is 436 g/mol. The number of amides is 1. The lowest BCUT2D eigenvalue weighted by molar-refractivity contribution is -0.140. The van der Waals surface area contributed by atoms with Crippen LogP contribution in [0.4, 0.5) is 17.6 Å². The lowest BCUT2D eigenvalue weighted by Crippen LogP contribution is -2.56. The SMILES string of the molecule is O=C(NC1CC2(CCN(Cc3ccc(F)c(C(F)(F)F)c3)CC2)C1)[C@H]1CCCS1(=O)=O. The van der Waals surface area contributed by atoms with Gasteiger partial charge in [-0.05, 0) is 74.7 Å². The Balaban J connectivity index is 1.26. The Bertz CT molecular complexity index is 948. The normalized spacial score (nSPS) is 26.0. The summed E-state index contributed by atoms with van der Waals surface area (Å²) in [5.74, 6) is -1.57. The molecule has 0 radical (unpaired) electrons. The van der Waals surface area contributed by atoms with Gasteiger partial charge in [-0.3, -0.25) is 9.69 Å². The number of hydrogen-bond donors (Lipinski definition) is 1. The Hall–Kier alpha value is -1.68. The Labute approximate surface area is 179 Å². The van der Waals surface area contributed by atoms with E-state index in [1.54, 1.807) is 0 Å². The predicted molar refractivity (Wildman–Crippen MR) is 106 cm³/mol. The van der Waals surface area contributed by atoms with Crippen molar-refractivity contribution in [2.24, 2.45) is 5.41 Å². The molecule has 1 atom stereocenters. The molecule has 2 aliphatic heterocycles. The number of nitrogens with one attached hydrogen (secondary N) is 1. The molecule has 0 bridgehead atoms. The number of likely N-dealkylation sites (tertiary alicyclic amines) is 1. The topological polar surface area (TPSA) is 66.5 Å². The van der Waals surface area contributed by atoms with Gasteiger partial charge >= 0.3 is 6.18 Å². The fourth-order valence-electron chi connectivity index (χ4n) is 5.21. The van der Waals surface area contributed by atoms with Gasteiger partial charge in [-0.25, -0.2) is 12.8 Å². The van der Waals surface area contributed by atoms with Crippen LogP contribution in [0.15, 0.2) is 18.2 Å². The Kier molecular flexibility index (Phi) is 5.83. The smallest absolute Gasteiger partial charge is 0.352 e. The molecule has 31 heavy (non-hydrogen) atoms. The summed E-state index contributed by atoms with van der Waals surface area (Å²) in [5.41, 5.74) is -0.704. The van der Waals surface area contributed by atoms with E-state index in [1.165, 1.54) is 6.07 Å². The molecule has 1 N–H and O–H groups in total. The van der Waals surface area contributed by atoms with Crippen molar-refractivity contribution in [3.05, 3.63) is 35.1 Å². The number of carbonyl (C=O) groups is 1. The first kappa shape index (κ1) is 22.5. The van der Waals surface area contributed by atoms with Gasteiger partial charge in [0, 0.05) is 12.6 Å². The first-order valence-electron chi connectivity index (χ1n) is 10.6. The quantitative estimate of drug-likeness (QED) is 0.698. The van der Waals surface area contributed by atoms with Gasteiger partial charge in [-0.2, -0.15) is 13.2 Å². The van der Waals surface area contributed by atoms with Crippen LogP contribution < -0.4 is 5.32 Å². The first-order valence-corrected chi connectivity index (χ1v) is 12.3. The molecule has 1 aromatic carbocycles. The van der Waals surface area contributed by atoms with Gasteiger partial charge < -0.3 is 5.32 Å². The zero-order valence-corrected chi connectivity index (χ0v) is 17.9. The molecule has 10 heteroatoms. The van der Waals surface area contributed by atoms with Crippen molar-refractivity contribution in [3.63, 3.8) is 0 Å². The third kappa shape index (κ3) is 4.74. The second kappa shape index (κ2) is 8.03. The van der Waals surface area contributed by atoms with Crippen LogP contribution in [0.3, 0.4) is 0 Å². The molecule has 1 aliphatic carbocycles. The zero-order valence-electron chi connectivity index (χ0n) is 17.0. The van der Waals surface area contributed by atoms with E-state index in [-0.39, 0.29) is 23.1 Å². The summed E-state index contributed by atoms with van der Waals surface area (Å²) in [4.78, 5) is 14.4. The number of alkyl halides is 3. The fourth-order valence-corrected chi connectivity index (χ4v) is 6.98. The van der Waals surface area contributed by atoms with Crippen LogP contribution in [0.25, 0.3) is 0 Å². The molecule has 0 unspecified atom stereocenters. The predicted octanol–water partition coefficient (Wildman–Crippen LogP) is 3.28. The van der Waals surface area contributed by atoms with Gasteiger partial charge in [0.25, 0.3) is 0 Å². The third-order valence-corrected chi connectivity index (χ3v) is 9.16. The summed E-state index contributed by atoms with van der Waals surface area (Å²) < 4.78 is 76.0. The van der Waals surface area contributed by atoms with Gasteiger partial charge in [0.1, 0.15) is 11.1 Å². The van der Waals surface area contributed by atoms with Crippen molar-refractivity contribution >= 4 is 15.7 Å². The monoisotopic (exact) mass is 462 g/mol. The Morgan fingerprint density at radius 2 is 1.87 bits per heavy atom. The molecule has 3 aliphatic rings. The summed E-state index contributed by atoms with van der Waals surface area (Å²) in [6.07, 6.45) is -0.454. The summed E-state index contributed by atoms with van der Waals surface area (Å²) in [7, 11) is -3.31. The Morgan fingerprint density at radius 1 is 1.19 bits per heavy atom. The van der Waals surface area contributed by atoms with E-state index in [0.717, 1.165) is 50.9 Å². The molecule has 1 amide bonds. The van der Waals surface area contributed by atoms with Gasteiger partial charge in [-0.15, -0.1) is 0 Å². The number of carbonyl (C=O) groups excluding carboxylic acids is 1. The van der Waals surface area contributed by atoms with Gasteiger partial charge in [0.15, 0.2) is 9.84 Å². The van der Waals surface area contributed by atoms with Gasteiger partial charge in [0.2, 0.25) is 5.91 Å². The minimum Gasteiger partial charge on any atom is -0.352 e. The average molecular weight is 463 g/mol. The maximum atomic E-state index is 13.5. The molecule has 1 aromatic rings. The first-order chi connectivity index (χ1) is 14.5. The van der Waals surface area contributed by atoms with Crippen LogP contribution in [0, 0.1) is 11.2 Å². The number of hydrogen-bond acceptors (Lipinski definition) is 4. The van der Waals surface area contributed by atoms with Crippen molar-refractivity contribution in [3.8, 4) is 0 Å². The minimum absolute atomic E-state index is 0.0127. The molecule has 2 heterocycles. The summed E-state index contributed by atoms with van der Waals surface area (Å²) in [6, 6.07) is 3.13. The van der Waals surface area contributed by atoms with E-state index in [1.807, 2.05) is 0 Å². The van der Waals surface area contributed by atoms with E-state index >= 15 is 0 Å². The summed E-state index contributed by atoms with van der Waals surface area (Å²) >= 11 is 0. The lowest BCUT2D eigenvalue weighted by atomic mass is 9.60. The molecule has 0 aromatic heterocycles. The number of halogens is 4. The zero-order chi connectivity index (χ0) is 22.4. The van der Waals surface area contributed by atoms with Crippen molar-refractivity contribution in [1.82, 2.24) is 10.2 Å². The van der Waals surface area contributed by atoms with Crippen molar-refractivity contribution in [2.75, 3.05) is 18.8 Å². The second-order valence-electron chi connectivity index (χ2n) is 9.20. The largest absolute Gasteiger partial charge is 0.419 e. The molecule has 2 saturated heterocycles. The molecule has 1 spiro atoms. The van der Waals surface area contributed by atoms with Crippen LogP contribution in [0.1, 0.15) is 49.7 Å². The number of nitrogens with zero attached hydrogens (tertiary/aromatic N) is 1. The highest BCUT2D eigenvalue weighted by atomic mass is 32.2. The highest BCUT2D eigenvalue weighted by Crippen LogP contribution is 2.49. The summed E-state index contributed by atoms with van der Waals surface area (Å²) in [5, 5.41) is 1.97. The second-order valence-corrected chi connectivity index (χ2v) is 11.5. The maximum absolute atomic E-state index is 13.5. The number of rotatable bonds is 4. The molecule has 172 valence electrons. The van der Waals surface area contributed by atoms with Crippen LogP contribution in [-0.2, 0) is 27.4 Å². The van der Waals surface area contributed by atoms with Gasteiger partial charge in [-0.1, -0.05) is 6.07 Å². The summed E-state index contributed by atoms with van der Waals surface area (Å²) in [6.45, 7) is 1.77. The van der Waals surface area contributed by atoms with E-state index < -0.39 is 32.6 Å². The van der Waals surface area contributed by atoms with Gasteiger partial charge in [0.05, 0.1) is 11.3 Å². The van der Waals surface area contributed by atoms with E-state index in [4.69, 9.17) is 0 Å². The number of benzene rings is 1. The number of piperidine rings is 1. The molecule has 5 nitrogen and oxygen atoms in total. The van der Waals surface area contributed by atoms with E-state index in [0.29, 0.717) is 24.9 Å². The molecule has 3 fully saturated rings. The highest BCUT2D eigenvalue weighted by molar-refractivity contribution is 7.93. The fraction of sp³-hybridized carbons (Fsp3) is 0.667. The lowest BCUT2D eigenvalue weighted by Gasteiger charge is -2.52. The van der Waals surface area contributed by atoms with Crippen LogP contribution in [0.2, 0.25) is 0 Å². The van der Waals surface area contributed by atoms with Crippen LogP contribution in [0.5, 0.6) is 0 Å². The average Bonchev–Trinajstić information content (AvgIpc) is 3.02. The van der Waals surface area contributed by atoms with Crippen LogP contribution in [-0.4, -0.2) is 49.4 Å². The molecule has 1 saturated carbocycles. The van der Waals surface area contributed by atoms with E-state index in [9.17, 15) is 30.8 Å². The highest BCUT2D eigenvalue weighted by Gasteiger charge is 2.47. The minimum atomic E-state index is -4.71. The van der Waals surface area contributed by atoms with Crippen molar-refractivity contribution in [1.29, 1.82) is 0 Å². The van der Waals surface area contributed by atoms with Crippen molar-refractivity contribution in [2.45, 2.75) is 62.5 Å². The van der Waals surface area contributed by atoms with E-state index in [2.05, 4.69) is 10.2 Å². The maximum Gasteiger partial charge on any atom is 0.419 e.